The molecular weight excluding hydrogens is 1590 g/mol. The van der Waals surface area contributed by atoms with Crippen LogP contribution in [0.4, 0.5) is 0 Å². The number of aliphatic imine (C=N–C) groups is 1. The number of carbonyl (C=O) groups is 15. The summed E-state index contributed by atoms with van der Waals surface area (Å²) >= 11 is 9.60. The van der Waals surface area contributed by atoms with Crippen molar-refractivity contribution in [3.05, 3.63) is 35.9 Å². The summed E-state index contributed by atoms with van der Waals surface area (Å²) in [7, 11) is 0. The molecule has 48 heteroatoms. The van der Waals surface area contributed by atoms with Gasteiger partial charge in [-0.2, -0.15) is 24.4 Å². The molecule has 0 radical (unpaired) electrons. The van der Waals surface area contributed by atoms with Crippen LogP contribution in [-0.2, 0) is 131 Å². The van der Waals surface area contributed by atoms with Gasteiger partial charge in [0, 0.05) is 51.4 Å². The van der Waals surface area contributed by atoms with E-state index < -0.39 is 157 Å². The quantitative estimate of drug-likeness (QED) is 0.00719. The molecule has 45 nitrogen and oxygen atoms in total. The van der Waals surface area contributed by atoms with E-state index in [4.69, 9.17) is 70.5 Å². The maximum Gasteiger partial charge on any atom is 0.305 e. The maximum atomic E-state index is 13.8. The number of guanidine groups is 1. The van der Waals surface area contributed by atoms with E-state index in [1.807, 2.05) is 0 Å². The normalized spacial score (nSPS) is 12.5. The number of rotatable bonds is 72. The van der Waals surface area contributed by atoms with Crippen LogP contribution in [0, 0.1) is 0 Å². The van der Waals surface area contributed by atoms with Crippen LogP contribution in [0.3, 0.4) is 0 Å². The summed E-state index contributed by atoms with van der Waals surface area (Å²) in [5, 5.41) is 40.2. The molecule has 0 saturated heterocycles. The first kappa shape index (κ1) is 104. The van der Waals surface area contributed by atoms with Gasteiger partial charge in [-0.25, -0.2) is 5.90 Å². The fraction of sp³-hybridized carbons (Fsp3) is 0.672. The lowest BCUT2D eigenvalue weighted by Crippen LogP contribution is -2.59. The number of hydrogen-bond donors (Lipinski definition) is 20. The third-order valence-corrected chi connectivity index (χ3v) is 15.8. The number of carboxylic acids is 1. The number of carboxylic acid groups (broad SMARTS) is 1. The number of thioether (sulfide) groups is 1. The van der Waals surface area contributed by atoms with E-state index in [-0.39, 0.29) is 155 Å². The number of benzene rings is 1. The van der Waals surface area contributed by atoms with Gasteiger partial charge < -0.3 is 139 Å². The van der Waals surface area contributed by atoms with Crippen LogP contribution in [0.25, 0.3) is 0 Å². The van der Waals surface area contributed by atoms with Crippen molar-refractivity contribution in [1.29, 1.82) is 0 Å². The van der Waals surface area contributed by atoms with Gasteiger partial charge >= 0.3 is 5.97 Å². The molecule has 0 bridgehead atoms. The molecule has 1 aromatic rings. The summed E-state index contributed by atoms with van der Waals surface area (Å²) in [6, 6.07) is 0.981. The number of nitrogens with two attached hydrogens (primary N) is 4. The molecule has 22 N–H and O–H groups in total. The van der Waals surface area contributed by atoms with Crippen LogP contribution >= 0.6 is 37.0 Å². The molecule has 14 amide bonds. The summed E-state index contributed by atoms with van der Waals surface area (Å²) < 4.78 is 53.3. The Balaban J connectivity index is 2.70. The molecular formula is C67H114N18O27S3. The molecule has 1 rings (SSSR count). The van der Waals surface area contributed by atoms with Crippen molar-refractivity contribution in [3.8, 4) is 0 Å². The van der Waals surface area contributed by atoms with Crippen molar-refractivity contribution in [2.75, 3.05) is 209 Å². The number of primary amides is 1. The average Bonchev–Trinajstić information content (AvgIpc) is 0.871. The summed E-state index contributed by atoms with van der Waals surface area (Å²) in [5.74, 6) is -8.01. The first-order valence-corrected chi connectivity index (χ1v) is 39.0. The Morgan fingerprint density at radius 2 is 0.817 bits per heavy atom. The number of nitrogens with zero attached hydrogens (tertiary/aromatic N) is 1. The second kappa shape index (κ2) is 68.3. The highest BCUT2D eigenvalue weighted by Gasteiger charge is 2.33. The molecule has 0 aliphatic carbocycles. The van der Waals surface area contributed by atoms with Gasteiger partial charge in [-0.05, 0) is 43.9 Å². The van der Waals surface area contributed by atoms with Crippen molar-refractivity contribution < 1.29 is 129 Å². The van der Waals surface area contributed by atoms with Gasteiger partial charge in [0.05, 0.1) is 131 Å². The highest BCUT2D eigenvalue weighted by Crippen LogP contribution is 2.09. The number of hydrogen-bond acceptors (Lipinski definition) is 31. The molecule has 0 saturated carbocycles. The molecule has 0 spiro atoms. The highest BCUT2D eigenvalue weighted by molar-refractivity contribution is 7.99. The van der Waals surface area contributed by atoms with Gasteiger partial charge in [-0.1, -0.05) is 30.3 Å². The molecule has 0 aromatic heterocycles. The Kier molecular flexibility index (Phi) is 61.9. The van der Waals surface area contributed by atoms with E-state index in [0.29, 0.717) is 71.4 Å². The molecule has 0 aliphatic heterocycles. The minimum atomic E-state index is -1.87. The fourth-order valence-corrected chi connectivity index (χ4v) is 9.87. The summed E-state index contributed by atoms with van der Waals surface area (Å²) in [6.07, 6.45) is 1.02. The number of carbonyl (C=O) groups excluding carboxylic acids is 14. The Hall–Kier alpha value is -8.89. The van der Waals surface area contributed by atoms with Crippen molar-refractivity contribution in [2.24, 2.45) is 28.1 Å². The van der Waals surface area contributed by atoms with E-state index in [1.54, 1.807) is 36.6 Å². The summed E-state index contributed by atoms with van der Waals surface area (Å²) in [5.41, 5.74) is 16.4. The van der Waals surface area contributed by atoms with E-state index in [1.165, 1.54) is 11.8 Å². The van der Waals surface area contributed by atoms with E-state index in [9.17, 15) is 77.0 Å². The molecule has 0 fully saturated rings. The van der Waals surface area contributed by atoms with Gasteiger partial charge in [0.25, 0.3) is 5.91 Å². The van der Waals surface area contributed by atoms with Crippen molar-refractivity contribution in [3.63, 3.8) is 0 Å². The number of thiol groups is 2. The first-order chi connectivity index (χ1) is 55.3. The Morgan fingerprint density at radius 3 is 1.29 bits per heavy atom. The number of aliphatic carboxylic acids is 1. The number of nitrogens with one attached hydrogen (secondary N) is 13. The first-order valence-electron chi connectivity index (χ1n) is 36.4. The van der Waals surface area contributed by atoms with Crippen LogP contribution in [0.5, 0.6) is 0 Å². The summed E-state index contributed by atoms with van der Waals surface area (Å²) in [6.45, 7) is 1.97. The van der Waals surface area contributed by atoms with Crippen LogP contribution < -0.4 is 92.2 Å². The van der Waals surface area contributed by atoms with E-state index in [2.05, 4.69) is 104 Å². The highest BCUT2D eigenvalue weighted by atomic mass is 32.2. The van der Waals surface area contributed by atoms with Gasteiger partial charge in [-0.15, -0.1) is 12.6 Å². The zero-order chi connectivity index (χ0) is 85.1. The Morgan fingerprint density at radius 1 is 0.417 bits per heavy atom. The van der Waals surface area contributed by atoms with Crippen LogP contribution in [-0.4, -0.2) is 344 Å². The van der Waals surface area contributed by atoms with Crippen molar-refractivity contribution in [2.45, 2.75) is 80.5 Å². The van der Waals surface area contributed by atoms with Crippen LogP contribution in [0.15, 0.2) is 35.3 Å². The lowest BCUT2D eigenvalue weighted by atomic mass is 10.0. The lowest BCUT2D eigenvalue weighted by molar-refractivity contribution is -0.141. The maximum absolute atomic E-state index is 13.8. The van der Waals surface area contributed by atoms with E-state index >= 15 is 0 Å². The molecule has 1 unspecified atom stereocenters. The minimum absolute atomic E-state index is 0.0242. The van der Waals surface area contributed by atoms with Gasteiger partial charge in [0.2, 0.25) is 76.8 Å². The van der Waals surface area contributed by atoms with Crippen LogP contribution in [0.2, 0.25) is 0 Å². The van der Waals surface area contributed by atoms with Gasteiger partial charge in [0.1, 0.15) is 63.2 Å². The number of unbranched alkanes of at least 4 members (excludes halogenated alkanes) is 1. The number of amides is 14. The van der Waals surface area contributed by atoms with Crippen molar-refractivity contribution >= 4 is 132 Å². The standard InChI is InChI=1S/C67H114N18O27S3/c1-115-44-58(93)80-47(10-5-6-12-72-54(89)40-111-41-56(91)75-16-20-104-24-28-107-30-32-109-33-31-108-29-25-105-21-17-76-57(92)42-112-71)62(98)85-66(114)65(101)82-46(11-7-13-77-67(69)70)60(96)79-37-53(88)81-49(35-59(94)95)63(99)84-50(43-113)64(100)83-48(34-45-8-3-2-4-9-45)61(97)78-36-52(87)73-14-18-102-22-26-106-27-23-103-19-15-74-55(90)39-110-38-51(68)86/h2-4,8-9,46-50,66,113-114H,5-7,10-44,71H2,1H3,(H2,68,86)(H,72,89)(H,73,87)(H,74,90)(H,75,91)(H,76,92)(H,78,97)(H,79,96)(H,80,93)(H,81,88)(H,82,101)(H,83,100)(H,84,99)(H,85,98)(H,94,95)(H4,69,70,77)/t46-,47-,48-,49-,50-,66?/m0/s1. The Bertz CT molecular complexity index is 3090. The Labute approximate surface area is 680 Å². The molecule has 115 heavy (non-hydrogen) atoms. The lowest BCUT2D eigenvalue weighted by Gasteiger charge is -2.24. The van der Waals surface area contributed by atoms with Crippen LogP contribution in [0.1, 0.15) is 44.1 Å². The monoisotopic (exact) mass is 1700 g/mol. The fourth-order valence-electron chi connectivity index (χ4n) is 9.07. The molecule has 0 aliphatic rings. The second-order valence-corrected chi connectivity index (χ2v) is 25.8. The second-order valence-electron chi connectivity index (χ2n) is 24.0. The third-order valence-electron chi connectivity index (χ3n) is 14.5. The third kappa shape index (κ3) is 58.6. The molecule has 1 aromatic carbocycles. The topological polar surface area (TPSA) is 651 Å². The molecule has 0 heterocycles. The predicted octanol–water partition coefficient (Wildman–Crippen LogP) is -9.63. The SMILES string of the molecule is CSCC(=O)N[C@@H](CCCCNC(=O)COCC(=O)NCCOCCOCCOCCOCCOCCNC(=O)CON)C(=O)NC(S)C(=O)N[C@@H](CCCN=C(N)N)C(=O)NCC(=O)N[C@@H](CC(=O)O)C(=O)N[C@@H](CS)C(=O)N[C@@H](Cc1ccccc1)C(=O)NCC(=O)NCCOCCOCCOCCNC(=O)COCC(N)=O. The average molecular weight is 1700 g/mol. The summed E-state index contributed by atoms with van der Waals surface area (Å²) in [4.78, 5) is 199. The zero-order valence-electron chi connectivity index (χ0n) is 64.3. The van der Waals surface area contributed by atoms with Crippen molar-refractivity contribution in [1.82, 2.24) is 69.1 Å². The molecule has 652 valence electrons. The predicted molar refractivity (Wildman–Crippen MR) is 418 cm³/mol. The minimum Gasteiger partial charge on any atom is -0.481 e. The van der Waals surface area contributed by atoms with E-state index in [0.717, 1.165) is 0 Å². The number of ether oxygens (including phenoxy) is 10. The molecule has 6 atom stereocenters. The smallest absolute Gasteiger partial charge is 0.305 e. The largest absolute Gasteiger partial charge is 0.481 e. The zero-order valence-corrected chi connectivity index (χ0v) is 66.9. The van der Waals surface area contributed by atoms with Gasteiger partial charge in [-0.3, -0.25) is 81.7 Å². The van der Waals surface area contributed by atoms with Gasteiger partial charge in [0.15, 0.2) is 11.3 Å².